The number of esters is 1. The molecule has 0 saturated heterocycles. The average Bonchev–Trinajstić information content (AvgIpc) is 2.78. The highest BCUT2D eigenvalue weighted by atomic mass is 16.5. The molecule has 2 aromatic rings. The number of nitrogens with zero attached hydrogens (tertiary/aromatic N) is 1. The molecule has 126 valence electrons. The van der Waals surface area contributed by atoms with E-state index < -0.39 is 11.9 Å². The molecule has 25 heavy (non-hydrogen) atoms. The SMILES string of the molecule is COC(=O)c1ccc(-c2ccc3c(c2)N=C(N)CC(C(=O)O)=C3)cc1. The Bertz CT molecular complexity index is 912. The number of fused-ring (bicyclic) bond motifs is 1. The maximum Gasteiger partial charge on any atom is 0.337 e. The number of carboxylic acids is 1. The van der Waals surface area contributed by atoms with Crippen molar-refractivity contribution < 1.29 is 19.4 Å². The maximum atomic E-state index is 11.5. The first-order valence-corrected chi connectivity index (χ1v) is 7.57. The van der Waals surface area contributed by atoms with Gasteiger partial charge in [0, 0.05) is 17.6 Å². The standard InChI is InChI=1S/C19H16N2O4/c1-25-19(24)12-4-2-11(3-5-12)13-6-7-14-8-15(18(22)23)10-17(20)21-16(14)9-13/h2-9H,10H2,1H3,(H2,20,21)(H,22,23). The van der Waals surface area contributed by atoms with E-state index in [2.05, 4.69) is 9.73 Å². The fourth-order valence-electron chi connectivity index (χ4n) is 2.62. The van der Waals surface area contributed by atoms with Gasteiger partial charge in [0.25, 0.3) is 0 Å². The number of amidine groups is 1. The Balaban J connectivity index is 2.00. The van der Waals surface area contributed by atoms with Crippen LogP contribution >= 0.6 is 0 Å². The van der Waals surface area contributed by atoms with E-state index in [1.165, 1.54) is 7.11 Å². The van der Waals surface area contributed by atoms with Crippen LogP contribution in [0.1, 0.15) is 22.3 Å². The molecule has 6 heteroatoms. The van der Waals surface area contributed by atoms with Crippen molar-refractivity contribution in [2.75, 3.05) is 7.11 Å². The van der Waals surface area contributed by atoms with E-state index in [-0.39, 0.29) is 17.8 Å². The minimum Gasteiger partial charge on any atom is -0.478 e. The van der Waals surface area contributed by atoms with Crippen LogP contribution in [-0.4, -0.2) is 30.0 Å². The van der Waals surface area contributed by atoms with Crippen molar-refractivity contribution in [1.29, 1.82) is 0 Å². The number of carbonyl (C=O) groups is 2. The van der Waals surface area contributed by atoms with Crippen molar-refractivity contribution >= 4 is 29.5 Å². The summed E-state index contributed by atoms with van der Waals surface area (Å²) >= 11 is 0. The third kappa shape index (κ3) is 3.42. The molecule has 0 amide bonds. The zero-order valence-electron chi connectivity index (χ0n) is 13.5. The van der Waals surface area contributed by atoms with E-state index in [0.717, 1.165) is 11.1 Å². The smallest absolute Gasteiger partial charge is 0.337 e. The number of carboxylic acid groups (broad SMARTS) is 1. The number of rotatable bonds is 3. The minimum atomic E-state index is -1.01. The Morgan fingerprint density at radius 1 is 1.12 bits per heavy atom. The van der Waals surface area contributed by atoms with Gasteiger partial charge in [-0.15, -0.1) is 0 Å². The summed E-state index contributed by atoms with van der Waals surface area (Å²) in [5.74, 6) is -1.14. The zero-order chi connectivity index (χ0) is 18.0. The second-order valence-electron chi connectivity index (χ2n) is 5.60. The summed E-state index contributed by atoms with van der Waals surface area (Å²) in [6, 6.07) is 12.5. The lowest BCUT2D eigenvalue weighted by atomic mass is 10.0. The Morgan fingerprint density at radius 3 is 2.44 bits per heavy atom. The third-order valence-electron chi connectivity index (χ3n) is 3.91. The fourth-order valence-corrected chi connectivity index (χ4v) is 2.62. The van der Waals surface area contributed by atoms with Crippen LogP contribution in [0.2, 0.25) is 0 Å². The van der Waals surface area contributed by atoms with Gasteiger partial charge in [-0.2, -0.15) is 0 Å². The molecule has 6 nitrogen and oxygen atoms in total. The van der Waals surface area contributed by atoms with Crippen molar-refractivity contribution in [3.8, 4) is 11.1 Å². The van der Waals surface area contributed by atoms with Crippen LogP contribution in [0.25, 0.3) is 17.2 Å². The number of hydrogen-bond acceptors (Lipinski definition) is 5. The molecule has 3 N–H and O–H groups in total. The van der Waals surface area contributed by atoms with Gasteiger partial charge in [0.2, 0.25) is 0 Å². The highest BCUT2D eigenvalue weighted by Gasteiger charge is 2.15. The van der Waals surface area contributed by atoms with Gasteiger partial charge in [-0.25, -0.2) is 14.6 Å². The van der Waals surface area contributed by atoms with Crippen LogP contribution in [0, 0.1) is 0 Å². The van der Waals surface area contributed by atoms with Gasteiger partial charge < -0.3 is 15.6 Å². The molecule has 0 unspecified atom stereocenters. The molecule has 0 saturated carbocycles. The lowest BCUT2D eigenvalue weighted by Gasteiger charge is -2.07. The van der Waals surface area contributed by atoms with E-state index in [0.29, 0.717) is 16.8 Å². The fraction of sp³-hybridized carbons (Fsp3) is 0.105. The molecule has 0 aliphatic carbocycles. The second-order valence-corrected chi connectivity index (χ2v) is 5.60. The minimum absolute atomic E-state index is 0.104. The molecule has 0 fully saturated rings. The predicted octanol–water partition coefficient (Wildman–Crippen LogP) is 3.00. The van der Waals surface area contributed by atoms with Gasteiger partial charge >= 0.3 is 11.9 Å². The zero-order valence-corrected chi connectivity index (χ0v) is 13.5. The molecule has 1 aliphatic heterocycles. The summed E-state index contributed by atoms with van der Waals surface area (Å²) in [4.78, 5) is 27.1. The summed E-state index contributed by atoms with van der Waals surface area (Å²) < 4.78 is 4.69. The normalized spacial score (nSPS) is 13.2. The molecule has 1 heterocycles. The molecular formula is C19H16N2O4. The molecule has 1 aliphatic rings. The van der Waals surface area contributed by atoms with Gasteiger partial charge in [0.15, 0.2) is 0 Å². The molecule has 0 bridgehead atoms. The molecule has 0 aromatic heterocycles. The van der Waals surface area contributed by atoms with Crippen LogP contribution < -0.4 is 5.73 Å². The second kappa shape index (κ2) is 6.60. The summed E-state index contributed by atoms with van der Waals surface area (Å²) in [5, 5.41) is 9.21. The number of aliphatic carboxylic acids is 1. The lowest BCUT2D eigenvalue weighted by Crippen LogP contribution is -2.14. The number of aliphatic imine (C=N–C) groups is 1. The van der Waals surface area contributed by atoms with Crippen molar-refractivity contribution in [2.45, 2.75) is 6.42 Å². The van der Waals surface area contributed by atoms with Crippen molar-refractivity contribution in [2.24, 2.45) is 10.7 Å². The molecule has 2 aromatic carbocycles. The van der Waals surface area contributed by atoms with Crippen molar-refractivity contribution in [1.82, 2.24) is 0 Å². The van der Waals surface area contributed by atoms with E-state index in [4.69, 9.17) is 5.73 Å². The molecule has 0 atom stereocenters. The Hall–Kier alpha value is -3.41. The number of hydrogen-bond donors (Lipinski definition) is 2. The number of carbonyl (C=O) groups excluding carboxylic acids is 1. The Kier molecular flexibility index (Phi) is 4.35. The molecule has 0 spiro atoms. The van der Waals surface area contributed by atoms with E-state index in [1.54, 1.807) is 18.2 Å². The first kappa shape index (κ1) is 16.4. The van der Waals surface area contributed by atoms with Gasteiger partial charge in [-0.05, 0) is 35.4 Å². The largest absolute Gasteiger partial charge is 0.478 e. The van der Waals surface area contributed by atoms with Crippen LogP contribution in [0.3, 0.4) is 0 Å². The average molecular weight is 336 g/mol. The first-order chi connectivity index (χ1) is 12.0. The topological polar surface area (TPSA) is 102 Å². The van der Waals surface area contributed by atoms with Gasteiger partial charge in [0.1, 0.15) is 5.84 Å². The van der Waals surface area contributed by atoms with Crippen molar-refractivity contribution in [3.63, 3.8) is 0 Å². The van der Waals surface area contributed by atoms with Crippen LogP contribution in [-0.2, 0) is 9.53 Å². The Labute approximate surface area is 144 Å². The summed E-state index contributed by atoms with van der Waals surface area (Å²) in [7, 11) is 1.34. The molecule has 0 radical (unpaired) electrons. The van der Waals surface area contributed by atoms with E-state index in [9.17, 15) is 14.7 Å². The van der Waals surface area contributed by atoms with Crippen LogP contribution in [0.4, 0.5) is 5.69 Å². The monoisotopic (exact) mass is 336 g/mol. The highest BCUT2D eigenvalue weighted by Crippen LogP contribution is 2.31. The first-order valence-electron chi connectivity index (χ1n) is 7.57. The lowest BCUT2D eigenvalue weighted by molar-refractivity contribution is -0.132. The summed E-state index contributed by atoms with van der Waals surface area (Å²) in [6.45, 7) is 0. The van der Waals surface area contributed by atoms with Gasteiger partial charge in [-0.1, -0.05) is 24.3 Å². The highest BCUT2D eigenvalue weighted by molar-refractivity contribution is 6.02. The maximum absolute atomic E-state index is 11.5. The number of ether oxygens (including phenoxy) is 1. The number of methoxy groups -OCH3 is 1. The quantitative estimate of drug-likeness (QED) is 0.839. The van der Waals surface area contributed by atoms with E-state index in [1.807, 2.05) is 30.3 Å². The summed E-state index contributed by atoms with van der Waals surface area (Å²) in [6.07, 6.45) is 1.69. The number of nitrogens with two attached hydrogens (primary N) is 1. The van der Waals surface area contributed by atoms with Crippen LogP contribution in [0.15, 0.2) is 53.0 Å². The van der Waals surface area contributed by atoms with Gasteiger partial charge in [-0.3, -0.25) is 0 Å². The van der Waals surface area contributed by atoms with Crippen LogP contribution in [0.5, 0.6) is 0 Å². The number of benzene rings is 2. The predicted molar refractivity (Wildman–Crippen MR) is 94.7 cm³/mol. The summed E-state index contributed by atoms with van der Waals surface area (Å²) in [5.41, 5.74) is 9.61. The molecule has 3 rings (SSSR count). The van der Waals surface area contributed by atoms with Gasteiger partial charge in [0.05, 0.1) is 18.4 Å². The van der Waals surface area contributed by atoms with Crippen molar-refractivity contribution in [3.05, 3.63) is 59.2 Å². The van der Waals surface area contributed by atoms with E-state index >= 15 is 0 Å². The Morgan fingerprint density at radius 2 is 1.80 bits per heavy atom. The molecular weight excluding hydrogens is 320 g/mol. The third-order valence-corrected chi connectivity index (χ3v) is 3.91.